The predicted molar refractivity (Wildman–Crippen MR) is 130 cm³/mol. The Labute approximate surface area is 178 Å². The molecule has 0 aromatic heterocycles. The van der Waals surface area contributed by atoms with Crippen molar-refractivity contribution >= 4 is 59.5 Å². The van der Waals surface area contributed by atoms with Crippen LogP contribution in [0.5, 0.6) is 0 Å². The van der Waals surface area contributed by atoms with Crippen LogP contribution < -0.4 is 5.73 Å². The molecule has 0 unspecified atom stereocenters. The summed E-state index contributed by atoms with van der Waals surface area (Å²) in [6.07, 6.45) is 23.9. The van der Waals surface area contributed by atoms with Gasteiger partial charge in [0.2, 0.25) is 0 Å². The van der Waals surface area contributed by atoms with Crippen LogP contribution in [0.3, 0.4) is 0 Å². The third kappa shape index (κ3) is 39.6. The van der Waals surface area contributed by atoms with Gasteiger partial charge in [0.1, 0.15) is 0 Å². The van der Waals surface area contributed by atoms with E-state index in [2.05, 4.69) is 67.0 Å². The first-order chi connectivity index (χ1) is 11.4. The Morgan fingerprint density at radius 3 is 1.33 bits per heavy atom. The number of nitrogens with two attached hydrogens (primary N) is 1. The van der Waals surface area contributed by atoms with Crippen LogP contribution in [0.25, 0.3) is 0 Å². The van der Waals surface area contributed by atoms with Gasteiger partial charge in [-0.25, -0.2) is 0 Å². The SMILES string of the molecule is CCCCCCCC/C=C\CCCCCCCCN.[Br][Pb]([Br])([Br])[Br]. The van der Waals surface area contributed by atoms with Gasteiger partial charge in [-0.15, -0.1) is 0 Å². The van der Waals surface area contributed by atoms with Crippen molar-refractivity contribution in [3.8, 4) is 0 Å². The van der Waals surface area contributed by atoms with Crippen LogP contribution in [-0.2, 0) is 0 Å². The third-order valence-corrected chi connectivity index (χ3v) is 3.72. The summed E-state index contributed by atoms with van der Waals surface area (Å²) < 4.78 is 0. The van der Waals surface area contributed by atoms with Gasteiger partial charge in [-0.2, -0.15) is 0 Å². The van der Waals surface area contributed by atoms with E-state index in [9.17, 15) is 0 Å². The van der Waals surface area contributed by atoms with Crippen molar-refractivity contribution in [2.45, 2.75) is 96.8 Å². The van der Waals surface area contributed by atoms with E-state index in [1.54, 1.807) is 0 Å². The van der Waals surface area contributed by atoms with Gasteiger partial charge in [-0.3, -0.25) is 0 Å². The first-order valence-electron chi connectivity index (χ1n) is 9.52. The van der Waals surface area contributed by atoms with Gasteiger partial charge < -0.3 is 5.73 Å². The van der Waals surface area contributed by atoms with E-state index in [0.717, 1.165) is 6.54 Å². The Balaban J connectivity index is 0. The zero-order valence-corrected chi connectivity index (χ0v) is 25.6. The maximum atomic E-state index is 5.47. The summed E-state index contributed by atoms with van der Waals surface area (Å²) in [5.74, 6) is 0. The van der Waals surface area contributed by atoms with E-state index in [0.29, 0.717) is 0 Å². The molecule has 6 heteroatoms. The van der Waals surface area contributed by atoms with E-state index in [1.165, 1.54) is 89.9 Å². The Hall–Kier alpha value is 2.54. The standard InChI is InChI=1S/C18H37N.4BrH.Pb/c1-2-3-4-5-6-7-8-9-10-11-12-13-14-15-16-17-18-19;;;;;/h9-10H,2-8,11-19H2,1H3;4*1H;/q;;;;;+4/p-4/b10-9-;;;;;. The van der Waals surface area contributed by atoms with Crippen molar-refractivity contribution in [3.63, 3.8) is 0 Å². The fourth-order valence-electron chi connectivity index (χ4n) is 2.39. The van der Waals surface area contributed by atoms with E-state index in [4.69, 9.17) is 5.73 Å². The monoisotopic (exact) mass is 791 g/mol. The van der Waals surface area contributed by atoms with Crippen LogP contribution in [0.2, 0.25) is 0 Å². The second-order valence-corrected chi connectivity index (χ2v) is 107. The molecule has 0 bridgehead atoms. The van der Waals surface area contributed by atoms with Gasteiger partial charge in [0, 0.05) is 0 Å². The molecule has 0 saturated carbocycles. The average molecular weight is 794 g/mol. The Morgan fingerprint density at radius 2 is 0.958 bits per heavy atom. The molecule has 0 amide bonds. The maximum absolute atomic E-state index is 5.47. The molecule has 1 nitrogen and oxygen atoms in total. The van der Waals surface area contributed by atoms with E-state index >= 15 is 0 Å². The fourth-order valence-corrected chi connectivity index (χ4v) is 2.39. The van der Waals surface area contributed by atoms with Crippen molar-refractivity contribution < 1.29 is 0 Å². The molecule has 0 aliphatic carbocycles. The molecule has 0 aromatic rings. The molecule has 0 atom stereocenters. The van der Waals surface area contributed by atoms with Gasteiger partial charge >= 0.3 is 59.5 Å². The second-order valence-electron chi connectivity index (χ2n) is 6.16. The van der Waals surface area contributed by atoms with Crippen molar-refractivity contribution in [1.29, 1.82) is 0 Å². The van der Waals surface area contributed by atoms with E-state index in [-0.39, 0.29) is 0 Å². The van der Waals surface area contributed by atoms with E-state index < -0.39 is 11.5 Å². The topological polar surface area (TPSA) is 26.0 Å². The first-order valence-corrected chi connectivity index (χ1v) is 43.2. The molecule has 0 rings (SSSR count). The zero-order chi connectivity index (χ0) is 18.5. The molecular formula is C18H37Br4NPb. The number of rotatable bonds is 15. The van der Waals surface area contributed by atoms with Gasteiger partial charge in [0.15, 0.2) is 0 Å². The third-order valence-electron chi connectivity index (χ3n) is 3.72. The van der Waals surface area contributed by atoms with E-state index in [1.807, 2.05) is 0 Å². The Bertz CT molecular complexity index is 252. The molecule has 24 heavy (non-hydrogen) atoms. The van der Waals surface area contributed by atoms with Crippen molar-refractivity contribution in [2.75, 3.05) is 6.54 Å². The summed E-state index contributed by atoms with van der Waals surface area (Å²) in [6, 6.07) is 0. The minimum absolute atomic E-state index is 0.862. The van der Waals surface area contributed by atoms with Gasteiger partial charge in [0.25, 0.3) is 0 Å². The number of hydrogen-bond donors (Lipinski definition) is 1. The molecule has 0 fully saturated rings. The van der Waals surface area contributed by atoms with Crippen molar-refractivity contribution in [1.82, 2.24) is 0 Å². The Kier molecular flexibility index (Phi) is 28.2. The van der Waals surface area contributed by atoms with Crippen molar-refractivity contribution in [3.05, 3.63) is 12.2 Å². The molecule has 0 heterocycles. The van der Waals surface area contributed by atoms with Crippen LogP contribution in [0.4, 0.5) is 0 Å². The molecule has 0 aliphatic rings. The number of unbranched alkanes of at least 4 members (excludes halogenated alkanes) is 12. The van der Waals surface area contributed by atoms with Gasteiger partial charge in [-0.05, 0) is 38.6 Å². The number of halogens is 4. The number of hydrogen-bond acceptors (Lipinski definition) is 1. The molecular weight excluding hydrogens is 757 g/mol. The van der Waals surface area contributed by atoms with Crippen LogP contribution in [-0.4, -0.2) is 18.1 Å². The summed E-state index contributed by atoms with van der Waals surface area (Å²) in [5.41, 5.74) is 5.47. The van der Waals surface area contributed by atoms with Crippen LogP contribution in [0, 0.1) is 0 Å². The molecule has 0 spiro atoms. The fraction of sp³-hybridized carbons (Fsp3) is 0.889. The normalized spacial score (nSPS) is 11.6. The van der Waals surface area contributed by atoms with Gasteiger partial charge in [0.05, 0.1) is 0 Å². The van der Waals surface area contributed by atoms with Crippen LogP contribution in [0.15, 0.2) is 12.2 Å². The molecule has 2 N–H and O–H groups in total. The molecule has 0 aliphatic heterocycles. The second kappa shape index (κ2) is 23.6. The number of allylic oxidation sites excluding steroid dienone is 2. The quantitative estimate of drug-likeness (QED) is 0.100. The average Bonchev–Trinajstić information content (AvgIpc) is 2.49. The van der Waals surface area contributed by atoms with Crippen molar-refractivity contribution in [2.24, 2.45) is 5.73 Å². The summed E-state index contributed by atoms with van der Waals surface area (Å²) >= 11 is 11.4. The van der Waals surface area contributed by atoms with Crippen LogP contribution in [0.1, 0.15) is 96.8 Å². The first kappa shape index (κ1) is 28.7. The predicted octanol–water partition coefficient (Wildman–Crippen LogP) is 8.98. The molecule has 0 radical (unpaired) electrons. The molecule has 146 valence electrons. The minimum atomic E-state index is -2.03. The van der Waals surface area contributed by atoms with Gasteiger partial charge in [-0.1, -0.05) is 76.9 Å². The van der Waals surface area contributed by atoms with Crippen LogP contribution >= 0.6 is 47.9 Å². The summed E-state index contributed by atoms with van der Waals surface area (Å²) in [7, 11) is 0. The summed E-state index contributed by atoms with van der Waals surface area (Å²) in [4.78, 5) is 0. The Morgan fingerprint density at radius 1 is 0.625 bits per heavy atom. The summed E-state index contributed by atoms with van der Waals surface area (Å²) in [5, 5.41) is 0. The molecule has 0 saturated heterocycles. The molecule has 0 aromatic carbocycles. The summed E-state index contributed by atoms with van der Waals surface area (Å²) in [6.45, 7) is 3.14. The zero-order valence-electron chi connectivity index (χ0n) is 15.4.